The summed E-state index contributed by atoms with van der Waals surface area (Å²) in [5, 5.41) is 17.1. The summed E-state index contributed by atoms with van der Waals surface area (Å²) >= 11 is 0. The number of ether oxygens (including phenoxy) is 1. The summed E-state index contributed by atoms with van der Waals surface area (Å²) in [6, 6.07) is 7.39. The van der Waals surface area contributed by atoms with Gasteiger partial charge in [-0.1, -0.05) is 12.1 Å². The quantitative estimate of drug-likeness (QED) is 0.402. The fourth-order valence-electron chi connectivity index (χ4n) is 1.94. The van der Waals surface area contributed by atoms with Gasteiger partial charge >= 0.3 is 5.69 Å². The van der Waals surface area contributed by atoms with Crippen molar-refractivity contribution >= 4 is 29.0 Å². The first-order valence-electron chi connectivity index (χ1n) is 6.89. The number of nitrogens with two attached hydrogens (primary N) is 1. The van der Waals surface area contributed by atoms with Gasteiger partial charge in [0.15, 0.2) is 0 Å². The number of aryl methyl sites for hydroxylation is 1. The molecule has 0 aliphatic heterocycles. The number of hydrogen-bond donors (Lipinski definition) is 3. The summed E-state index contributed by atoms with van der Waals surface area (Å²) in [6.07, 6.45) is 0. The van der Waals surface area contributed by atoms with Gasteiger partial charge in [-0.2, -0.15) is 9.97 Å². The zero-order valence-electron chi connectivity index (χ0n) is 12.9. The standard InChI is InChI=1S/C14H18N6O3/c1-9-4-3-5-10(8-9)17-13-11(20(21)22)12(15)18-14(19-13)16-6-7-23-2/h3-5,8H,6-7H2,1-2H3,(H4,15,16,17,18,19). The molecule has 4 N–H and O–H groups in total. The molecule has 0 atom stereocenters. The third-order valence-corrected chi connectivity index (χ3v) is 2.96. The van der Waals surface area contributed by atoms with E-state index in [-0.39, 0.29) is 23.3 Å². The minimum Gasteiger partial charge on any atom is -0.383 e. The molecule has 23 heavy (non-hydrogen) atoms. The lowest BCUT2D eigenvalue weighted by Gasteiger charge is -2.11. The molecule has 0 bridgehead atoms. The molecule has 0 saturated heterocycles. The zero-order chi connectivity index (χ0) is 16.8. The third-order valence-electron chi connectivity index (χ3n) is 2.96. The second-order valence-corrected chi connectivity index (χ2v) is 4.80. The summed E-state index contributed by atoms with van der Waals surface area (Å²) in [5.74, 6) is 0.0217. The number of nitro groups is 1. The average molecular weight is 318 g/mol. The number of aromatic nitrogens is 2. The van der Waals surface area contributed by atoms with Crippen molar-refractivity contribution in [1.82, 2.24) is 9.97 Å². The maximum absolute atomic E-state index is 11.2. The minimum absolute atomic E-state index is 0.0352. The molecule has 9 heteroatoms. The van der Waals surface area contributed by atoms with Gasteiger partial charge in [0.25, 0.3) is 0 Å². The van der Waals surface area contributed by atoms with Crippen LogP contribution >= 0.6 is 0 Å². The van der Waals surface area contributed by atoms with Crippen molar-refractivity contribution in [2.45, 2.75) is 6.92 Å². The Morgan fingerprint density at radius 2 is 2.17 bits per heavy atom. The maximum atomic E-state index is 11.2. The van der Waals surface area contributed by atoms with E-state index in [4.69, 9.17) is 10.5 Å². The molecule has 122 valence electrons. The van der Waals surface area contributed by atoms with Crippen molar-refractivity contribution < 1.29 is 9.66 Å². The van der Waals surface area contributed by atoms with Crippen LogP contribution in [0.15, 0.2) is 24.3 Å². The van der Waals surface area contributed by atoms with Crippen LogP contribution < -0.4 is 16.4 Å². The monoisotopic (exact) mass is 318 g/mol. The molecule has 1 aromatic heterocycles. The van der Waals surface area contributed by atoms with Crippen molar-refractivity contribution in [1.29, 1.82) is 0 Å². The molecule has 1 heterocycles. The highest BCUT2D eigenvalue weighted by Gasteiger charge is 2.23. The van der Waals surface area contributed by atoms with E-state index >= 15 is 0 Å². The molecule has 0 spiro atoms. The number of nitrogen functional groups attached to an aromatic ring is 1. The Bertz CT molecular complexity index is 707. The van der Waals surface area contributed by atoms with E-state index in [2.05, 4.69) is 20.6 Å². The minimum atomic E-state index is -0.605. The average Bonchev–Trinajstić information content (AvgIpc) is 2.46. The Kier molecular flexibility index (Phi) is 5.26. The SMILES string of the molecule is COCCNc1nc(N)c([N+](=O)[O-])c(Nc2cccc(C)c2)n1. The molecule has 0 amide bonds. The van der Waals surface area contributed by atoms with E-state index in [1.165, 1.54) is 0 Å². The number of rotatable bonds is 7. The Labute approximate surface area is 133 Å². The van der Waals surface area contributed by atoms with Gasteiger partial charge in [0, 0.05) is 19.3 Å². The van der Waals surface area contributed by atoms with Gasteiger partial charge in [-0.05, 0) is 24.6 Å². The summed E-state index contributed by atoms with van der Waals surface area (Å²) in [5.41, 5.74) is 7.04. The first kappa shape index (κ1) is 16.4. The summed E-state index contributed by atoms with van der Waals surface area (Å²) in [7, 11) is 1.57. The van der Waals surface area contributed by atoms with Crippen molar-refractivity contribution in [2.75, 3.05) is 36.6 Å². The molecular formula is C14H18N6O3. The van der Waals surface area contributed by atoms with Crippen molar-refractivity contribution in [3.05, 3.63) is 39.9 Å². The van der Waals surface area contributed by atoms with Gasteiger partial charge in [-0.3, -0.25) is 10.1 Å². The molecule has 0 unspecified atom stereocenters. The molecule has 2 aromatic rings. The van der Waals surface area contributed by atoms with E-state index in [1.807, 2.05) is 25.1 Å². The van der Waals surface area contributed by atoms with Gasteiger partial charge < -0.3 is 21.1 Å². The second-order valence-electron chi connectivity index (χ2n) is 4.80. The van der Waals surface area contributed by atoms with Crippen LogP contribution in [0.4, 0.5) is 29.0 Å². The highest BCUT2D eigenvalue weighted by molar-refractivity contribution is 5.74. The Balaban J connectivity index is 2.35. The summed E-state index contributed by atoms with van der Waals surface area (Å²) in [6.45, 7) is 2.82. The second kappa shape index (κ2) is 7.36. The Morgan fingerprint density at radius 3 is 2.83 bits per heavy atom. The number of anilines is 4. The Hall–Kier alpha value is -2.94. The van der Waals surface area contributed by atoms with Gasteiger partial charge in [-0.15, -0.1) is 0 Å². The van der Waals surface area contributed by atoms with Crippen LogP contribution in [0.1, 0.15) is 5.56 Å². The molecular weight excluding hydrogens is 300 g/mol. The molecule has 0 radical (unpaired) electrons. The predicted molar refractivity (Wildman–Crippen MR) is 87.9 cm³/mol. The van der Waals surface area contributed by atoms with Gasteiger partial charge in [0.2, 0.25) is 17.6 Å². The van der Waals surface area contributed by atoms with Gasteiger partial charge in [-0.25, -0.2) is 0 Å². The lowest BCUT2D eigenvalue weighted by atomic mass is 10.2. The van der Waals surface area contributed by atoms with E-state index in [0.717, 1.165) is 5.56 Å². The molecule has 1 aromatic carbocycles. The molecule has 2 rings (SSSR count). The summed E-state index contributed by atoms with van der Waals surface area (Å²) < 4.78 is 4.92. The molecule has 0 saturated carbocycles. The van der Waals surface area contributed by atoms with E-state index in [0.29, 0.717) is 18.8 Å². The Morgan fingerprint density at radius 1 is 1.39 bits per heavy atom. The topological polar surface area (TPSA) is 128 Å². The lowest BCUT2D eigenvalue weighted by molar-refractivity contribution is -0.383. The van der Waals surface area contributed by atoms with Crippen LogP contribution in [0.25, 0.3) is 0 Å². The van der Waals surface area contributed by atoms with Crippen molar-refractivity contribution in [3.63, 3.8) is 0 Å². The van der Waals surface area contributed by atoms with Crippen LogP contribution in [-0.2, 0) is 4.74 Å². The smallest absolute Gasteiger partial charge is 0.353 e. The van der Waals surface area contributed by atoms with E-state index < -0.39 is 4.92 Å². The van der Waals surface area contributed by atoms with Crippen molar-refractivity contribution in [3.8, 4) is 0 Å². The number of benzene rings is 1. The van der Waals surface area contributed by atoms with Crippen LogP contribution in [0, 0.1) is 17.0 Å². The van der Waals surface area contributed by atoms with Crippen LogP contribution in [0.3, 0.4) is 0 Å². The fraction of sp³-hybridized carbons (Fsp3) is 0.286. The first-order chi connectivity index (χ1) is 11.0. The van der Waals surface area contributed by atoms with Crippen molar-refractivity contribution in [2.24, 2.45) is 0 Å². The molecule has 0 aliphatic carbocycles. The normalized spacial score (nSPS) is 10.3. The number of methoxy groups -OCH3 is 1. The lowest BCUT2D eigenvalue weighted by Crippen LogP contribution is -2.13. The maximum Gasteiger partial charge on any atom is 0.353 e. The van der Waals surface area contributed by atoms with E-state index in [1.54, 1.807) is 13.2 Å². The first-order valence-corrected chi connectivity index (χ1v) is 6.89. The number of hydrogen-bond acceptors (Lipinski definition) is 8. The number of nitrogens with zero attached hydrogens (tertiary/aromatic N) is 3. The number of nitrogens with one attached hydrogen (secondary N) is 2. The fourth-order valence-corrected chi connectivity index (χ4v) is 1.94. The molecule has 9 nitrogen and oxygen atoms in total. The largest absolute Gasteiger partial charge is 0.383 e. The zero-order valence-corrected chi connectivity index (χ0v) is 12.9. The van der Waals surface area contributed by atoms with Crippen LogP contribution in [-0.4, -0.2) is 35.2 Å². The van der Waals surface area contributed by atoms with E-state index in [9.17, 15) is 10.1 Å². The summed E-state index contributed by atoms with van der Waals surface area (Å²) in [4.78, 5) is 18.7. The third kappa shape index (κ3) is 4.27. The predicted octanol–water partition coefficient (Wildman–Crippen LogP) is 2.08. The van der Waals surface area contributed by atoms with Crippen LogP contribution in [0.2, 0.25) is 0 Å². The molecule has 0 aliphatic rings. The van der Waals surface area contributed by atoms with Gasteiger partial charge in [0.1, 0.15) is 0 Å². The van der Waals surface area contributed by atoms with Crippen LogP contribution in [0.5, 0.6) is 0 Å². The highest BCUT2D eigenvalue weighted by atomic mass is 16.6. The highest BCUT2D eigenvalue weighted by Crippen LogP contribution is 2.31. The van der Waals surface area contributed by atoms with Gasteiger partial charge in [0.05, 0.1) is 11.5 Å². The molecule has 0 fully saturated rings.